The average molecular weight is 288 g/mol. The zero-order valence-electron chi connectivity index (χ0n) is 11.4. The number of nitrogens with zero attached hydrogens (tertiary/aromatic N) is 1. The van der Waals surface area contributed by atoms with Gasteiger partial charge in [0.15, 0.2) is 0 Å². The number of aromatic nitrogens is 2. The highest BCUT2D eigenvalue weighted by Gasteiger charge is 2.15. The molecular formula is C15H16N2O4. The van der Waals surface area contributed by atoms with Crippen LogP contribution in [0.25, 0.3) is 11.3 Å². The van der Waals surface area contributed by atoms with Gasteiger partial charge in [0.05, 0.1) is 18.9 Å². The van der Waals surface area contributed by atoms with Crippen LogP contribution in [0.1, 0.15) is 23.3 Å². The maximum Gasteiger partial charge on any atom is 0.353 e. The van der Waals surface area contributed by atoms with Crippen molar-refractivity contribution in [2.24, 2.45) is 0 Å². The summed E-state index contributed by atoms with van der Waals surface area (Å²) in [6.45, 7) is 1.49. The minimum absolute atomic E-state index is 0.0764. The van der Waals surface area contributed by atoms with Crippen LogP contribution >= 0.6 is 0 Å². The molecule has 3 rings (SSSR count). The first-order valence-electron chi connectivity index (χ1n) is 6.86. The quantitative estimate of drug-likeness (QED) is 0.902. The third kappa shape index (κ3) is 3.22. The molecule has 0 bridgehead atoms. The molecule has 1 aromatic heterocycles. The molecule has 0 aliphatic carbocycles. The van der Waals surface area contributed by atoms with Gasteiger partial charge in [0.1, 0.15) is 17.5 Å². The Morgan fingerprint density at radius 2 is 2.00 bits per heavy atom. The molecule has 2 heterocycles. The topological polar surface area (TPSA) is 84.4 Å². The number of benzene rings is 1. The first-order chi connectivity index (χ1) is 10.2. The fourth-order valence-corrected chi connectivity index (χ4v) is 2.27. The van der Waals surface area contributed by atoms with E-state index in [1.807, 2.05) is 24.3 Å². The molecule has 1 saturated heterocycles. The molecule has 110 valence electrons. The van der Waals surface area contributed by atoms with Crippen molar-refractivity contribution in [2.75, 3.05) is 13.2 Å². The lowest BCUT2D eigenvalue weighted by atomic mass is 10.1. The number of ether oxygens (including phenoxy) is 2. The highest BCUT2D eigenvalue weighted by atomic mass is 16.5. The Labute approximate surface area is 121 Å². The first kappa shape index (κ1) is 13.6. The molecule has 0 atom stereocenters. The highest BCUT2D eigenvalue weighted by Crippen LogP contribution is 2.23. The van der Waals surface area contributed by atoms with E-state index in [4.69, 9.17) is 14.6 Å². The number of carboxylic acids is 1. The van der Waals surface area contributed by atoms with Crippen LogP contribution in [0.5, 0.6) is 5.75 Å². The molecular weight excluding hydrogens is 272 g/mol. The molecule has 2 N–H and O–H groups in total. The van der Waals surface area contributed by atoms with Gasteiger partial charge in [-0.15, -0.1) is 0 Å². The van der Waals surface area contributed by atoms with E-state index in [0.29, 0.717) is 5.69 Å². The summed E-state index contributed by atoms with van der Waals surface area (Å²) in [7, 11) is 0. The normalized spacial score (nSPS) is 15.8. The summed E-state index contributed by atoms with van der Waals surface area (Å²) in [5.74, 6) is -0.215. The number of rotatable bonds is 4. The summed E-state index contributed by atoms with van der Waals surface area (Å²) in [6, 6.07) is 9.00. The van der Waals surface area contributed by atoms with Gasteiger partial charge in [0.25, 0.3) is 0 Å². The Morgan fingerprint density at radius 3 is 2.62 bits per heavy atom. The molecule has 1 aliphatic heterocycles. The minimum Gasteiger partial charge on any atom is -0.490 e. The van der Waals surface area contributed by atoms with Crippen molar-refractivity contribution < 1.29 is 19.4 Å². The molecule has 0 saturated carbocycles. The van der Waals surface area contributed by atoms with E-state index >= 15 is 0 Å². The molecule has 1 aromatic carbocycles. The van der Waals surface area contributed by atoms with Crippen LogP contribution < -0.4 is 4.74 Å². The molecule has 0 unspecified atom stereocenters. The molecule has 21 heavy (non-hydrogen) atoms. The Balaban J connectivity index is 1.69. The van der Waals surface area contributed by atoms with Crippen molar-refractivity contribution in [2.45, 2.75) is 18.9 Å². The Hall–Kier alpha value is -2.34. The van der Waals surface area contributed by atoms with Crippen LogP contribution in [0, 0.1) is 0 Å². The maximum absolute atomic E-state index is 10.8. The summed E-state index contributed by atoms with van der Waals surface area (Å²) in [5.41, 5.74) is 1.52. The molecule has 2 aromatic rings. The maximum atomic E-state index is 10.8. The van der Waals surface area contributed by atoms with Gasteiger partial charge >= 0.3 is 5.97 Å². The van der Waals surface area contributed by atoms with Crippen molar-refractivity contribution in [3.63, 3.8) is 0 Å². The van der Waals surface area contributed by atoms with E-state index in [9.17, 15) is 4.79 Å². The Morgan fingerprint density at radius 1 is 1.29 bits per heavy atom. The van der Waals surface area contributed by atoms with Gasteiger partial charge in [-0.2, -0.15) is 5.10 Å². The van der Waals surface area contributed by atoms with E-state index in [1.54, 1.807) is 0 Å². The number of hydrogen-bond acceptors (Lipinski definition) is 4. The van der Waals surface area contributed by atoms with E-state index in [1.165, 1.54) is 6.07 Å². The van der Waals surface area contributed by atoms with Crippen LogP contribution in [0.3, 0.4) is 0 Å². The summed E-state index contributed by atoms with van der Waals surface area (Å²) in [4.78, 5) is 10.8. The summed E-state index contributed by atoms with van der Waals surface area (Å²) in [5, 5.41) is 15.3. The van der Waals surface area contributed by atoms with Crippen molar-refractivity contribution in [1.29, 1.82) is 0 Å². The van der Waals surface area contributed by atoms with Crippen molar-refractivity contribution in [1.82, 2.24) is 10.2 Å². The standard InChI is InChI=1S/C15H16N2O4/c18-15(19)14-9-13(16-17-14)10-1-3-11(4-2-10)21-12-5-7-20-8-6-12/h1-4,9,12H,5-8H2,(H,16,17)(H,18,19). The van der Waals surface area contributed by atoms with Gasteiger partial charge in [-0.1, -0.05) is 0 Å². The number of carboxylic acid groups (broad SMARTS) is 1. The molecule has 6 nitrogen and oxygen atoms in total. The van der Waals surface area contributed by atoms with Gasteiger partial charge in [0.2, 0.25) is 0 Å². The average Bonchev–Trinajstić information content (AvgIpc) is 2.99. The lowest BCUT2D eigenvalue weighted by Crippen LogP contribution is -2.25. The van der Waals surface area contributed by atoms with Gasteiger partial charge < -0.3 is 14.6 Å². The summed E-state index contributed by atoms with van der Waals surface area (Å²) in [6.07, 6.45) is 2.01. The predicted molar refractivity (Wildman–Crippen MR) is 75.5 cm³/mol. The summed E-state index contributed by atoms with van der Waals surface area (Å²) < 4.78 is 11.2. The third-order valence-corrected chi connectivity index (χ3v) is 3.43. The fraction of sp³-hybridized carbons (Fsp3) is 0.333. The number of aromatic carboxylic acids is 1. The van der Waals surface area contributed by atoms with Crippen molar-refractivity contribution in [3.05, 3.63) is 36.0 Å². The Kier molecular flexibility index (Phi) is 3.87. The van der Waals surface area contributed by atoms with Gasteiger partial charge in [0, 0.05) is 18.4 Å². The number of carbonyl (C=O) groups is 1. The molecule has 1 aliphatic rings. The lowest BCUT2D eigenvalue weighted by molar-refractivity contribution is 0.0256. The van der Waals surface area contributed by atoms with Crippen LogP contribution in [-0.2, 0) is 4.74 Å². The first-order valence-corrected chi connectivity index (χ1v) is 6.86. The van der Waals surface area contributed by atoms with Gasteiger partial charge in [-0.05, 0) is 30.3 Å². The molecule has 0 spiro atoms. The minimum atomic E-state index is -1.02. The molecule has 6 heteroatoms. The van der Waals surface area contributed by atoms with Crippen molar-refractivity contribution >= 4 is 5.97 Å². The zero-order valence-corrected chi connectivity index (χ0v) is 11.4. The highest BCUT2D eigenvalue weighted by molar-refractivity contribution is 5.86. The number of nitrogens with one attached hydrogen (secondary N) is 1. The van der Waals surface area contributed by atoms with Crippen LogP contribution in [-0.4, -0.2) is 40.6 Å². The van der Waals surface area contributed by atoms with Crippen LogP contribution in [0.4, 0.5) is 0 Å². The second-order valence-electron chi connectivity index (χ2n) is 4.93. The predicted octanol–water partition coefficient (Wildman–Crippen LogP) is 2.33. The number of aromatic amines is 1. The van der Waals surface area contributed by atoms with Crippen molar-refractivity contribution in [3.8, 4) is 17.0 Å². The van der Waals surface area contributed by atoms with Crippen LogP contribution in [0.2, 0.25) is 0 Å². The second-order valence-corrected chi connectivity index (χ2v) is 4.93. The molecule has 0 radical (unpaired) electrons. The van der Waals surface area contributed by atoms with Gasteiger partial charge in [-0.25, -0.2) is 4.79 Å². The molecule has 0 amide bonds. The third-order valence-electron chi connectivity index (χ3n) is 3.43. The smallest absolute Gasteiger partial charge is 0.353 e. The largest absolute Gasteiger partial charge is 0.490 e. The fourth-order valence-electron chi connectivity index (χ4n) is 2.27. The van der Waals surface area contributed by atoms with Gasteiger partial charge in [-0.3, -0.25) is 5.10 Å². The van der Waals surface area contributed by atoms with E-state index in [0.717, 1.165) is 37.4 Å². The van der Waals surface area contributed by atoms with Crippen LogP contribution in [0.15, 0.2) is 30.3 Å². The van der Waals surface area contributed by atoms with E-state index in [2.05, 4.69) is 10.2 Å². The summed E-state index contributed by atoms with van der Waals surface area (Å²) >= 11 is 0. The van der Waals surface area contributed by atoms with E-state index < -0.39 is 5.97 Å². The SMILES string of the molecule is O=C(O)c1cc(-c2ccc(OC3CCOCC3)cc2)n[nH]1. The molecule has 1 fully saturated rings. The number of hydrogen-bond donors (Lipinski definition) is 2. The second kappa shape index (κ2) is 5.97. The monoisotopic (exact) mass is 288 g/mol. The zero-order chi connectivity index (χ0) is 14.7. The van der Waals surface area contributed by atoms with E-state index in [-0.39, 0.29) is 11.8 Å². The Bertz CT molecular complexity index is 615. The number of H-pyrrole nitrogens is 1. The lowest BCUT2D eigenvalue weighted by Gasteiger charge is -2.23.